The lowest BCUT2D eigenvalue weighted by molar-refractivity contribution is 0.612. The number of rotatable bonds is 0. The Morgan fingerprint density at radius 2 is 1.57 bits per heavy atom. The van der Waals surface area contributed by atoms with Gasteiger partial charge in [-0.1, -0.05) is 32.6 Å². The average molecular weight is 110 g/mol. The quantitative estimate of drug-likeness (QED) is 0.412. The van der Waals surface area contributed by atoms with E-state index in [4.69, 9.17) is 0 Å². The standard InChI is InChI=1S/C6H12.Mg.2H/c1-6-4-2-3-5-6;;;/h6H,2-5H2,1H3;;;. The summed E-state index contributed by atoms with van der Waals surface area (Å²) in [5.74, 6) is 1.05. The largest absolute Gasteiger partial charge is 0.316 e. The highest BCUT2D eigenvalue weighted by Gasteiger charge is 2.07. The van der Waals surface area contributed by atoms with Gasteiger partial charge in [0.25, 0.3) is 0 Å². The maximum atomic E-state index is 2.34. The van der Waals surface area contributed by atoms with E-state index < -0.39 is 0 Å². The highest BCUT2D eigenvalue weighted by Crippen LogP contribution is 2.22. The SMILES string of the molecule is CC1CCCC1.[MgH2]. The number of hydrogen-bond donors (Lipinski definition) is 0. The zero-order chi connectivity index (χ0) is 4.41. The summed E-state index contributed by atoms with van der Waals surface area (Å²) in [7, 11) is 0. The fourth-order valence-electron chi connectivity index (χ4n) is 1.13. The van der Waals surface area contributed by atoms with Gasteiger partial charge in [0.1, 0.15) is 0 Å². The molecule has 0 atom stereocenters. The van der Waals surface area contributed by atoms with Crippen LogP contribution in [0.5, 0.6) is 0 Å². The first-order chi connectivity index (χ1) is 2.89. The Kier molecular flexibility index (Phi) is 4.14. The molecule has 1 fully saturated rings. The summed E-state index contributed by atoms with van der Waals surface area (Å²) >= 11 is 0. The van der Waals surface area contributed by atoms with Gasteiger partial charge in [-0.2, -0.15) is 0 Å². The minimum absolute atomic E-state index is 0. The van der Waals surface area contributed by atoms with E-state index in [0.717, 1.165) is 5.92 Å². The molecule has 0 aromatic rings. The monoisotopic (exact) mass is 110 g/mol. The van der Waals surface area contributed by atoms with Gasteiger partial charge in [0.15, 0.2) is 0 Å². The second-order valence-electron chi connectivity index (χ2n) is 2.39. The molecule has 0 bridgehead atoms. The smallest absolute Gasteiger partial charge is 0.0625 e. The fraction of sp³-hybridized carbons (Fsp3) is 1.00. The summed E-state index contributed by atoms with van der Waals surface area (Å²) in [6, 6.07) is 0. The zero-order valence-electron chi connectivity index (χ0n) is 4.41. The van der Waals surface area contributed by atoms with Crippen LogP contribution >= 0.6 is 0 Å². The molecule has 0 aliphatic heterocycles. The molecule has 0 heterocycles. The van der Waals surface area contributed by atoms with E-state index in [-0.39, 0.29) is 23.1 Å². The highest BCUT2D eigenvalue weighted by atomic mass is 24.3. The first-order valence-corrected chi connectivity index (χ1v) is 2.89. The van der Waals surface area contributed by atoms with E-state index in [9.17, 15) is 0 Å². The topological polar surface area (TPSA) is 0 Å². The van der Waals surface area contributed by atoms with Crippen LogP contribution in [0.15, 0.2) is 0 Å². The molecular weight excluding hydrogens is 96.4 g/mol. The van der Waals surface area contributed by atoms with E-state index in [0.29, 0.717) is 0 Å². The Hall–Kier alpha value is 0.766. The van der Waals surface area contributed by atoms with E-state index >= 15 is 0 Å². The molecule has 1 aliphatic carbocycles. The van der Waals surface area contributed by atoms with Crippen LogP contribution in [-0.4, -0.2) is 23.1 Å². The molecule has 40 valence electrons. The summed E-state index contributed by atoms with van der Waals surface area (Å²) < 4.78 is 0. The van der Waals surface area contributed by atoms with E-state index in [1.54, 1.807) is 0 Å². The second-order valence-corrected chi connectivity index (χ2v) is 2.39. The maximum absolute atomic E-state index is 2.34. The van der Waals surface area contributed by atoms with Gasteiger partial charge in [0.2, 0.25) is 0 Å². The van der Waals surface area contributed by atoms with Crippen LogP contribution in [0.3, 0.4) is 0 Å². The molecule has 1 rings (SSSR count). The molecular formula is C6H14Mg. The van der Waals surface area contributed by atoms with Crippen LogP contribution < -0.4 is 0 Å². The molecule has 0 aromatic carbocycles. The Bertz CT molecular complexity index is 37.4. The molecule has 1 aliphatic rings. The van der Waals surface area contributed by atoms with Crippen molar-refractivity contribution in [2.24, 2.45) is 5.92 Å². The van der Waals surface area contributed by atoms with Crippen molar-refractivity contribution in [3.05, 3.63) is 0 Å². The van der Waals surface area contributed by atoms with Crippen LogP contribution in [0.4, 0.5) is 0 Å². The summed E-state index contributed by atoms with van der Waals surface area (Å²) in [5, 5.41) is 0. The van der Waals surface area contributed by atoms with Gasteiger partial charge in [-0.25, -0.2) is 0 Å². The summed E-state index contributed by atoms with van der Waals surface area (Å²) in [5.41, 5.74) is 0. The molecule has 0 saturated heterocycles. The van der Waals surface area contributed by atoms with Gasteiger partial charge in [-0.15, -0.1) is 0 Å². The Balaban J connectivity index is 0.000000360. The van der Waals surface area contributed by atoms with Crippen molar-refractivity contribution in [3.8, 4) is 0 Å². The van der Waals surface area contributed by atoms with Gasteiger partial charge < -0.3 is 0 Å². The van der Waals surface area contributed by atoms with E-state index in [1.165, 1.54) is 25.7 Å². The summed E-state index contributed by atoms with van der Waals surface area (Å²) in [4.78, 5) is 0. The predicted molar refractivity (Wildman–Crippen MR) is 36.2 cm³/mol. The van der Waals surface area contributed by atoms with Crippen LogP contribution in [0.25, 0.3) is 0 Å². The minimum atomic E-state index is 0. The summed E-state index contributed by atoms with van der Waals surface area (Å²) in [6.07, 6.45) is 5.95. The predicted octanol–water partition coefficient (Wildman–Crippen LogP) is 1.28. The molecule has 0 nitrogen and oxygen atoms in total. The molecule has 1 heteroatoms. The van der Waals surface area contributed by atoms with Crippen molar-refractivity contribution in [3.63, 3.8) is 0 Å². The van der Waals surface area contributed by atoms with Gasteiger partial charge in [0, 0.05) is 0 Å². The highest BCUT2D eigenvalue weighted by molar-refractivity contribution is 5.75. The lowest BCUT2D eigenvalue weighted by atomic mass is 10.2. The fourth-order valence-corrected chi connectivity index (χ4v) is 1.13. The van der Waals surface area contributed by atoms with Crippen molar-refractivity contribution in [2.75, 3.05) is 0 Å². The molecule has 7 heavy (non-hydrogen) atoms. The molecule has 1 saturated carbocycles. The lowest BCUT2D eigenvalue weighted by Gasteiger charge is -1.91. The lowest BCUT2D eigenvalue weighted by Crippen LogP contribution is -1.78. The van der Waals surface area contributed by atoms with Crippen LogP contribution in [-0.2, 0) is 0 Å². The third-order valence-electron chi connectivity index (χ3n) is 1.64. The van der Waals surface area contributed by atoms with Crippen LogP contribution in [0, 0.1) is 5.92 Å². The third-order valence-corrected chi connectivity index (χ3v) is 1.64. The van der Waals surface area contributed by atoms with Crippen molar-refractivity contribution in [1.29, 1.82) is 0 Å². The van der Waals surface area contributed by atoms with Crippen molar-refractivity contribution in [2.45, 2.75) is 32.6 Å². The van der Waals surface area contributed by atoms with Crippen molar-refractivity contribution < 1.29 is 0 Å². The first-order valence-electron chi connectivity index (χ1n) is 2.89. The maximum Gasteiger partial charge on any atom is 0.316 e. The summed E-state index contributed by atoms with van der Waals surface area (Å²) in [6.45, 7) is 2.34. The van der Waals surface area contributed by atoms with Gasteiger partial charge in [-0.05, 0) is 5.92 Å². The Labute approximate surface area is 61.8 Å². The van der Waals surface area contributed by atoms with Crippen molar-refractivity contribution >= 4 is 23.1 Å². The van der Waals surface area contributed by atoms with Crippen LogP contribution in [0.2, 0.25) is 0 Å². The van der Waals surface area contributed by atoms with E-state index in [1.807, 2.05) is 0 Å². The zero-order valence-corrected chi connectivity index (χ0v) is 4.41. The van der Waals surface area contributed by atoms with Gasteiger partial charge in [0.05, 0.1) is 0 Å². The average Bonchev–Trinajstić information content (AvgIpc) is 1.86. The van der Waals surface area contributed by atoms with Gasteiger partial charge >= 0.3 is 23.1 Å². The normalized spacial score (nSPS) is 21.9. The Morgan fingerprint density at radius 3 is 1.71 bits per heavy atom. The number of hydrogen-bond acceptors (Lipinski definition) is 0. The molecule has 0 radical (unpaired) electrons. The van der Waals surface area contributed by atoms with Gasteiger partial charge in [-0.3, -0.25) is 0 Å². The molecule has 0 spiro atoms. The third kappa shape index (κ3) is 2.55. The molecule has 0 aromatic heterocycles. The molecule has 0 unspecified atom stereocenters. The van der Waals surface area contributed by atoms with Crippen LogP contribution in [0.1, 0.15) is 32.6 Å². The van der Waals surface area contributed by atoms with E-state index in [2.05, 4.69) is 6.92 Å². The van der Waals surface area contributed by atoms with Crippen molar-refractivity contribution in [1.82, 2.24) is 0 Å². The molecule has 0 N–H and O–H groups in total. The molecule has 0 amide bonds. The minimum Gasteiger partial charge on any atom is -0.0625 e. The first kappa shape index (κ1) is 7.77. The Morgan fingerprint density at radius 1 is 1.14 bits per heavy atom. The second kappa shape index (κ2) is 3.73.